The monoisotopic (exact) mass is 414 g/mol. The maximum atomic E-state index is 6.33. The van der Waals surface area contributed by atoms with Crippen LogP contribution in [0, 0.1) is 0 Å². The number of hydrogen-bond acceptors (Lipinski definition) is 3. The third-order valence-electron chi connectivity index (χ3n) is 5.35. The highest BCUT2D eigenvalue weighted by Crippen LogP contribution is 2.22. The number of methoxy groups -OCH3 is 1. The van der Waals surface area contributed by atoms with E-state index < -0.39 is 0 Å². The van der Waals surface area contributed by atoms with E-state index >= 15 is 0 Å². The molecule has 1 aliphatic heterocycles. The van der Waals surface area contributed by atoms with E-state index in [1.165, 1.54) is 5.56 Å². The van der Waals surface area contributed by atoms with Crippen molar-refractivity contribution in [3.05, 3.63) is 64.7 Å². The largest absolute Gasteiger partial charge is 0.497 e. The molecule has 0 radical (unpaired) electrons. The van der Waals surface area contributed by atoms with Crippen molar-refractivity contribution in [2.24, 2.45) is 4.99 Å². The molecule has 1 fully saturated rings. The Balaban J connectivity index is 1.39. The van der Waals surface area contributed by atoms with Crippen molar-refractivity contribution in [2.75, 3.05) is 33.8 Å². The molecule has 3 rings (SSSR count). The molecule has 29 heavy (non-hydrogen) atoms. The van der Waals surface area contributed by atoms with Crippen LogP contribution in [0.3, 0.4) is 0 Å². The molecule has 0 atom stereocenters. The molecule has 1 aliphatic rings. The lowest BCUT2D eigenvalue weighted by molar-refractivity contribution is 0.198. The summed E-state index contributed by atoms with van der Waals surface area (Å²) in [4.78, 5) is 6.90. The molecule has 0 amide bonds. The molecule has 1 heterocycles. The number of nitrogens with one attached hydrogen (secondary N) is 2. The molecule has 1 saturated heterocycles. The van der Waals surface area contributed by atoms with Gasteiger partial charge in [0.15, 0.2) is 5.96 Å². The van der Waals surface area contributed by atoms with Crippen LogP contribution in [0.2, 0.25) is 5.02 Å². The molecular formula is C23H31ClN4O. The number of guanidine groups is 1. The molecule has 2 aromatic rings. The minimum atomic E-state index is 0.456. The fraction of sp³-hybridized carbons (Fsp3) is 0.435. The van der Waals surface area contributed by atoms with E-state index in [1.54, 1.807) is 7.11 Å². The summed E-state index contributed by atoms with van der Waals surface area (Å²) in [5.74, 6) is 1.64. The Hall–Kier alpha value is -2.24. The number of rotatable bonds is 7. The average molecular weight is 415 g/mol. The van der Waals surface area contributed by atoms with Crippen LogP contribution in [0.15, 0.2) is 53.5 Å². The Labute approximate surface area is 179 Å². The molecule has 2 N–H and O–H groups in total. The van der Waals surface area contributed by atoms with Gasteiger partial charge >= 0.3 is 0 Å². The van der Waals surface area contributed by atoms with Crippen molar-refractivity contribution in [3.63, 3.8) is 0 Å². The summed E-state index contributed by atoms with van der Waals surface area (Å²) in [6, 6.07) is 17.0. The number of benzene rings is 2. The van der Waals surface area contributed by atoms with Gasteiger partial charge in [-0.2, -0.15) is 0 Å². The lowest BCUT2D eigenvalue weighted by Crippen LogP contribution is -2.48. The maximum absolute atomic E-state index is 6.33. The number of likely N-dealkylation sites (tertiary alicyclic amines) is 1. The molecule has 156 valence electrons. The maximum Gasteiger partial charge on any atom is 0.191 e. The summed E-state index contributed by atoms with van der Waals surface area (Å²) >= 11 is 6.33. The number of hydrogen-bond donors (Lipinski definition) is 2. The Morgan fingerprint density at radius 3 is 2.59 bits per heavy atom. The van der Waals surface area contributed by atoms with Crippen LogP contribution >= 0.6 is 11.6 Å². The van der Waals surface area contributed by atoms with Gasteiger partial charge in [-0.15, -0.1) is 0 Å². The van der Waals surface area contributed by atoms with Crippen molar-refractivity contribution in [2.45, 2.75) is 31.8 Å². The molecule has 0 spiro atoms. The zero-order valence-electron chi connectivity index (χ0n) is 17.3. The van der Waals surface area contributed by atoms with Crippen LogP contribution in [0.5, 0.6) is 5.75 Å². The van der Waals surface area contributed by atoms with Gasteiger partial charge in [0, 0.05) is 44.3 Å². The van der Waals surface area contributed by atoms with Crippen LogP contribution in [0.4, 0.5) is 0 Å². The predicted octanol–water partition coefficient (Wildman–Crippen LogP) is 3.72. The molecular weight excluding hydrogens is 384 g/mol. The van der Waals surface area contributed by atoms with Crippen molar-refractivity contribution in [1.29, 1.82) is 0 Å². The minimum Gasteiger partial charge on any atom is -0.497 e. The van der Waals surface area contributed by atoms with Gasteiger partial charge in [0.2, 0.25) is 0 Å². The van der Waals surface area contributed by atoms with Crippen LogP contribution < -0.4 is 15.4 Å². The summed E-state index contributed by atoms with van der Waals surface area (Å²) in [7, 11) is 3.47. The Bertz CT molecular complexity index is 789. The average Bonchev–Trinajstić information content (AvgIpc) is 2.76. The summed E-state index contributed by atoms with van der Waals surface area (Å²) in [5, 5.41) is 7.71. The SMILES string of the molecule is CN=C(NCCc1ccc(OC)cc1Cl)NC1CCN(Cc2ccccc2)CC1. The van der Waals surface area contributed by atoms with Gasteiger partial charge in [-0.3, -0.25) is 9.89 Å². The first-order valence-corrected chi connectivity index (χ1v) is 10.6. The van der Waals surface area contributed by atoms with Gasteiger partial charge in [-0.25, -0.2) is 0 Å². The van der Waals surface area contributed by atoms with Crippen LogP contribution in [-0.2, 0) is 13.0 Å². The zero-order chi connectivity index (χ0) is 20.5. The lowest BCUT2D eigenvalue weighted by atomic mass is 10.0. The van der Waals surface area contributed by atoms with Gasteiger partial charge in [0.25, 0.3) is 0 Å². The van der Waals surface area contributed by atoms with Gasteiger partial charge in [-0.05, 0) is 42.5 Å². The van der Waals surface area contributed by atoms with Crippen molar-refractivity contribution in [3.8, 4) is 5.75 Å². The summed E-state index contributed by atoms with van der Waals surface area (Å²) in [6.45, 7) is 4.01. The van der Waals surface area contributed by atoms with E-state index in [4.69, 9.17) is 16.3 Å². The van der Waals surface area contributed by atoms with E-state index in [-0.39, 0.29) is 0 Å². The topological polar surface area (TPSA) is 48.9 Å². The molecule has 6 heteroatoms. The first kappa shape index (κ1) is 21.5. The second kappa shape index (κ2) is 11.1. The zero-order valence-corrected chi connectivity index (χ0v) is 18.1. The molecule has 0 saturated carbocycles. The molecule has 0 aromatic heterocycles. The number of halogens is 1. The fourth-order valence-corrected chi connectivity index (χ4v) is 3.90. The summed E-state index contributed by atoms with van der Waals surface area (Å²) in [6.07, 6.45) is 3.08. The van der Waals surface area contributed by atoms with E-state index in [1.807, 2.05) is 25.2 Å². The van der Waals surface area contributed by atoms with Gasteiger partial charge in [0.1, 0.15) is 5.75 Å². The first-order chi connectivity index (χ1) is 14.2. The van der Waals surface area contributed by atoms with Crippen molar-refractivity contribution < 1.29 is 4.74 Å². The number of aliphatic imine (C=N–C) groups is 1. The second-order valence-corrected chi connectivity index (χ2v) is 7.79. The standard InChI is InChI=1S/C23H31ClN4O/c1-25-23(26-13-10-19-8-9-21(29-2)16-22(19)24)27-20-11-14-28(15-12-20)17-18-6-4-3-5-7-18/h3-9,16,20H,10-15,17H2,1-2H3,(H2,25,26,27). The van der Waals surface area contributed by atoms with E-state index in [0.29, 0.717) is 6.04 Å². The fourth-order valence-electron chi connectivity index (χ4n) is 3.64. The number of ether oxygens (including phenoxy) is 1. The molecule has 2 aromatic carbocycles. The van der Waals surface area contributed by atoms with Crippen molar-refractivity contribution in [1.82, 2.24) is 15.5 Å². The molecule has 0 bridgehead atoms. The Morgan fingerprint density at radius 1 is 1.17 bits per heavy atom. The van der Waals surface area contributed by atoms with Crippen LogP contribution in [0.1, 0.15) is 24.0 Å². The van der Waals surface area contributed by atoms with E-state index in [9.17, 15) is 0 Å². The number of piperidine rings is 1. The smallest absolute Gasteiger partial charge is 0.191 e. The van der Waals surface area contributed by atoms with Gasteiger partial charge in [0.05, 0.1) is 7.11 Å². The highest BCUT2D eigenvalue weighted by molar-refractivity contribution is 6.31. The minimum absolute atomic E-state index is 0.456. The van der Waals surface area contributed by atoms with E-state index in [0.717, 1.165) is 67.7 Å². The van der Waals surface area contributed by atoms with Gasteiger partial charge in [-0.1, -0.05) is 48.0 Å². The third-order valence-corrected chi connectivity index (χ3v) is 5.70. The molecule has 0 aliphatic carbocycles. The van der Waals surface area contributed by atoms with E-state index in [2.05, 4.69) is 50.9 Å². The highest BCUT2D eigenvalue weighted by atomic mass is 35.5. The number of nitrogens with zero attached hydrogens (tertiary/aromatic N) is 2. The summed E-state index contributed by atoms with van der Waals surface area (Å²) < 4.78 is 5.20. The quantitative estimate of drug-likeness (QED) is 0.535. The summed E-state index contributed by atoms with van der Waals surface area (Å²) in [5.41, 5.74) is 2.48. The highest BCUT2D eigenvalue weighted by Gasteiger charge is 2.20. The first-order valence-electron chi connectivity index (χ1n) is 10.2. The van der Waals surface area contributed by atoms with Crippen LogP contribution in [-0.4, -0.2) is 50.7 Å². The molecule has 0 unspecified atom stereocenters. The normalized spacial score (nSPS) is 15.9. The van der Waals surface area contributed by atoms with Crippen LogP contribution in [0.25, 0.3) is 0 Å². The second-order valence-electron chi connectivity index (χ2n) is 7.39. The van der Waals surface area contributed by atoms with Crippen molar-refractivity contribution >= 4 is 17.6 Å². The lowest BCUT2D eigenvalue weighted by Gasteiger charge is -2.33. The van der Waals surface area contributed by atoms with Gasteiger partial charge < -0.3 is 15.4 Å². The molecule has 5 nitrogen and oxygen atoms in total. The third kappa shape index (κ3) is 6.65. The predicted molar refractivity (Wildman–Crippen MR) is 121 cm³/mol. The Morgan fingerprint density at radius 2 is 1.93 bits per heavy atom. The Kier molecular flexibility index (Phi) is 8.20.